The minimum absolute atomic E-state index is 0.00145. The number of nitrogens with one attached hydrogen (secondary N) is 2. The molecule has 22 atom stereocenters. The average Bonchev–Trinajstić information content (AvgIpc) is 1.06. The summed E-state index contributed by atoms with van der Waals surface area (Å²) in [5.41, 5.74) is 4.45. The molecule has 38 nitrogen and oxygen atoms in total. The number of nitrogens with zero attached hydrogens (tertiary/aromatic N) is 3. The number of carbonyl (C=O) groups is 7. The molecule has 8 unspecified atom stereocenters. The number of Topliss-reactive ketones (excluding diaryl/α,β-unsaturated/α-hetero) is 1. The van der Waals surface area contributed by atoms with E-state index in [0.29, 0.717) is 0 Å². The van der Waals surface area contributed by atoms with E-state index in [1.165, 1.54) is 0 Å². The molecule has 498 valence electrons. The van der Waals surface area contributed by atoms with Gasteiger partial charge in [-0.15, -0.1) is 11.8 Å². The lowest BCUT2D eigenvalue weighted by Crippen LogP contribution is -2.64. The highest BCUT2D eigenvalue weighted by Crippen LogP contribution is 2.50. The zero-order chi connectivity index (χ0) is 64.9. The molecule has 1 aromatic heterocycles. The van der Waals surface area contributed by atoms with Crippen molar-refractivity contribution in [1.82, 2.24) is 25.1 Å². The first-order valence-corrected chi connectivity index (χ1v) is 29.7. The van der Waals surface area contributed by atoms with Gasteiger partial charge in [-0.2, -0.15) is 4.98 Å². The van der Waals surface area contributed by atoms with Crippen LogP contribution in [0.1, 0.15) is 51.2 Å². The molecule has 5 aliphatic rings. The standard InChI is InChI=1S/C48H73N6O32PS/c1-77-40-34(67)37(70)44(84-45(40)79-19-57)83-39-24(17-56)82-43(36(69)33(39)66)78-10-7-50-28(61)4-2-8-53-30(63)13-26(41(53)71)88-11-3-5-29(62)51-15-20(58)12-21-22(59)14-48(46(72)73,85-38(21)31(64)23(60)16-55)86-87(75,76)80-18-25-32(65)35(68)42(81-25)54-9-6-27(49)52-47(54)74/h6,9,19,21-26,31-40,42-45,55-56,59-60,64-70H,2-5,7-8,10-18H2,1H3,(H,50,61)(H,51,62)(H,72,73)(H,75,76)(H2,49,52,74)/p-1/t21-,22-,23-,24?,25-,26?,31-,32+,33-,34-,35?,36?,37?,38?,39-,40+,42-,43-,44-,45?,48-/m1/s1. The molecule has 5 aliphatic heterocycles. The van der Waals surface area contributed by atoms with Crippen LogP contribution in [0.25, 0.3) is 0 Å². The van der Waals surface area contributed by atoms with Crippen LogP contribution in [0.3, 0.4) is 0 Å². The Balaban J connectivity index is 0.880. The van der Waals surface area contributed by atoms with Gasteiger partial charge in [0.1, 0.15) is 79.1 Å². The van der Waals surface area contributed by atoms with E-state index in [1.807, 2.05) is 0 Å². The maximum absolute atomic E-state index is 13.2. The van der Waals surface area contributed by atoms with Crippen molar-refractivity contribution in [3.05, 3.63) is 22.7 Å². The van der Waals surface area contributed by atoms with Crippen LogP contribution < -0.4 is 27.0 Å². The second-order valence-corrected chi connectivity index (χ2v) is 23.4. The Labute approximate surface area is 502 Å². The molecule has 0 radical (unpaired) electrons. The quantitative estimate of drug-likeness (QED) is 0.0134. The van der Waals surface area contributed by atoms with E-state index in [-0.39, 0.29) is 69.8 Å². The molecule has 16 N–H and O–H groups in total. The monoisotopic (exact) mass is 1310 g/mol. The maximum atomic E-state index is 13.2. The fourth-order valence-electron chi connectivity index (χ4n) is 10.0. The van der Waals surface area contributed by atoms with Crippen LogP contribution in [-0.2, 0) is 85.1 Å². The fraction of sp³-hybridized carbons (Fsp3) is 0.771. The highest BCUT2D eigenvalue weighted by molar-refractivity contribution is 8.00. The fourth-order valence-corrected chi connectivity index (χ4v) is 12.1. The van der Waals surface area contributed by atoms with Crippen LogP contribution >= 0.6 is 19.6 Å². The Bertz CT molecular complexity index is 2670. The highest BCUT2D eigenvalue weighted by atomic mass is 32.2. The molecule has 0 spiro atoms. The van der Waals surface area contributed by atoms with Gasteiger partial charge in [0, 0.05) is 64.4 Å². The third-order valence-corrected chi connectivity index (χ3v) is 16.9. The van der Waals surface area contributed by atoms with Crippen LogP contribution in [0.15, 0.2) is 17.1 Å². The van der Waals surface area contributed by atoms with Crippen molar-refractivity contribution < 1.29 is 151 Å². The smallest absolute Gasteiger partial charge is 0.364 e. The van der Waals surface area contributed by atoms with Gasteiger partial charge in [0.25, 0.3) is 20.1 Å². The topological polar surface area (TPSA) is 583 Å². The molecular weight excluding hydrogens is 1240 g/mol. The number of phosphoric ester groups is 1. The van der Waals surface area contributed by atoms with Gasteiger partial charge in [-0.25, -0.2) is 9.59 Å². The first kappa shape index (κ1) is 72.2. The number of nitrogen functional groups attached to an aromatic ring is 1. The third kappa shape index (κ3) is 18.0. The Kier molecular flexibility index (Phi) is 26.6. The number of aliphatic carboxylic acids is 1. The molecule has 5 fully saturated rings. The van der Waals surface area contributed by atoms with Gasteiger partial charge in [-0.05, 0) is 24.7 Å². The van der Waals surface area contributed by atoms with E-state index >= 15 is 0 Å². The van der Waals surface area contributed by atoms with Crippen molar-refractivity contribution in [1.29, 1.82) is 0 Å². The number of methoxy groups -OCH3 is 1. The molecular formula is C48H72N6O32PS-. The summed E-state index contributed by atoms with van der Waals surface area (Å²) in [6, 6.07) is 1.16. The van der Waals surface area contributed by atoms with Crippen molar-refractivity contribution in [2.24, 2.45) is 5.92 Å². The summed E-state index contributed by atoms with van der Waals surface area (Å²) in [6.45, 7) is -4.40. The molecule has 1 aromatic rings. The molecule has 88 heavy (non-hydrogen) atoms. The lowest BCUT2D eigenvalue weighted by atomic mass is 9.80. The number of rotatable bonds is 33. The predicted octanol–water partition coefficient (Wildman–Crippen LogP) is -9.75. The Morgan fingerprint density at radius 2 is 1.60 bits per heavy atom. The minimum atomic E-state index is -5.95. The predicted molar refractivity (Wildman–Crippen MR) is 281 cm³/mol. The molecule has 0 aliphatic carbocycles. The maximum Gasteiger partial charge on any atom is 0.364 e. The lowest BCUT2D eigenvalue weighted by Gasteiger charge is -2.47. The van der Waals surface area contributed by atoms with Crippen molar-refractivity contribution in [2.75, 3.05) is 64.7 Å². The SMILES string of the molecule is CO[C@@H]1C(OC=O)O[C@@H](O[C@@H]2C(CO)O[C@@H](OCCNC(=O)CCCN3C(=O)CC(SCCCC(=O)NCC(=O)C[C@H]4C([C@H](O)[C@H](O)CO)O[C@](OP(=O)([O-])OC[C@H]5O[C@@H](n6ccc(N)nc6=O)C(O)[C@H]5O)(C(=O)O)C[C@H]4O)C3=O)C(O)[C@H]2O)C(O)[C@H]1O. The summed E-state index contributed by atoms with van der Waals surface area (Å²) in [6.07, 6.45) is -33.4. The number of carboxylic acids is 1. The third-order valence-electron chi connectivity index (χ3n) is 14.7. The zero-order valence-corrected chi connectivity index (χ0v) is 48.4. The second kappa shape index (κ2) is 32.4. The number of ether oxygens (including phenoxy) is 8. The van der Waals surface area contributed by atoms with Crippen LogP contribution in [0.2, 0.25) is 0 Å². The normalized spacial score (nSPS) is 34.8. The first-order valence-electron chi connectivity index (χ1n) is 27.2. The molecule has 40 heteroatoms. The number of imide groups is 1. The van der Waals surface area contributed by atoms with Crippen LogP contribution in [0.4, 0.5) is 5.82 Å². The molecule has 6 rings (SSSR count). The van der Waals surface area contributed by atoms with E-state index in [1.54, 1.807) is 0 Å². The van der Waals surface area contributed by atoms with Crippen molar-refractivity contribution in [3.8, 4) is 0 Å². The number of aromatic nitrogens is 2. The average molecular weight is 1310 g/mol. The van der Waals surface area contributed by atoms with E-state index in [9.17, 15) is 109 Å². The number of hydrogen-bond donors (Lipinski definition) is 15. The van der Waals surface area contributed by atoms with Gasteiger partial charge in [-0.3, -0.25) is 47.3 Å². The summed E-state index contributed by atoms with van der Waals surface area (Å²) in [5, 5.41) is 130. The van der Waals surface area contributed by atoms with Gasteiger partial charge in [0.15, 0.2) is 24.6 Å². The number of hydrogen-bond acceptors (Lipinski definition) is 34. The van der Waals surface area contributed by atoms with Gasteiger partial charge in [-0.1, -0.05) is 0 Å². The molecule has 4 amide bonds. The van der Waals surface area contributed by atoms with Gasteiger partial charge >= 0.3 is 11.7 Å². The van der Waals surface area contributed by atoms with E-state index in [4.69, 9.17) is 52.7 Å². The summed E-state index contributed by atoms with van der Waals surface area (Å²) in [7, 11) is -4.80. The van der Waals surface area contributed by atoms with E-state index in [0.717, 1.165) is 40.6 Å². The largest absolute Gasteiger partial charge is 0.756 e. The van der Waals surface area contributed by atoms with Crippen molar-refractivity contribution in [3.63, 3.8) is 0 Å². The Hall–Kier alpha value is -4.89. The summed E-state index contributed by atoms with van der Waals surface area (Å²) in [5.74, 6) is -10.4. The number of amides is 4. The van der Waals surface area contributed by atoms with E-state index < -0.39 is 216 Å². The number of likely N-dealkylation sites (tertiary alicyclic amines) is 1. The Morgan fingerprint density at radius 3 is 2.26 bits per heavy atom. The van der Waals surface area contributed by atoms with Crippen LogP contribution in [0.5, 0.6) is 0 Å². The number of carboxylic acid groups (broad SMARTS) is 1. The number of thioether (sulfide) groups is 1. The number of nitrogens with two attached hydrogens (primary N) is 1. The van der Waals surface area contributed by atoms with Crippen LogP contribution in [0, 0.1) is 5.92 Å². The molecule has 0 saturated carbocycles. The minimum Gasteiger partial charge on any atom is -0.756 e. The summed E-state index contributed by atoms with van der Waals surface area (Å²) < 4.78 is 65.9. The Morgan fingerprint density at radius 1 is 0.920 bits per heavy atom. The van der Waals surface area contributed by atoms with Crippen molar-refractivity contribution >= 4 is 67.3 Å². The number of anilines is 1. The van der Waals surface area contributed by atoms with Gasteiger partial charge < -0.3 is 125 Å². The molecule has 6 heterocycles. The second-order valence-electron chi connectivity index (χ2n) is 20.7. The number of phosphoric acid groups is 1. The van der Waals surface area contributed by atoms with Gasteiger partial charge in [0.2, 0.25) is 29.9 Å². The zero-order valence-electron chi connectivity index (χ0n) is 46.7. The summed E-state index contributed by atoms with van der Waals surface area (Å²) in [4.78, 5) is 118. The number of aliphatic hydroxyl groups excluding tert-OH is 11. The molecule has 0 aromatic carbocycles. The van der Waals surface area contributed by atoms with Gasteiger partial charge in [0.05, 0.1) is 50.4 Å². The number of aliphatic hydroxyl groups is 11. The summed E-state index contributed by atoms with van der Waals surface area (Å²) >= 11 is 1.09. The van der Waals surface area contributed by atoms with Crippen molar-refractivity contribution in [2.45, 2.75) is 167 Å². The highest BCUT2D eigenvalue weighted by Gasteiger charge is 2.58. The molecule has 5 saturated heterocycles. The lowest BCUT2D eigenvalue weighted by molar-refractivity contribution is -0.378. The molecule has 0 bridgehead atoms. The van der Waals surface area contributed by atoms with E-state index in [2.05, 4.69) is 15.6 Å². The first-order chi connectivity index (χ1) is 41.6. The van der Waals surface area contributed by atoms with Crippen LogP contribution in [-0.4, -0.2) is 292 Å². The number of carbonyl (C=O) groups excluding carboxylic acids is 6. The number of ketones is 1.